The van der Waals surface area contributed by atoms with E-state index in [-0.39, 0.29) is 5.91 Å². The summed E-state index contributed by atoms with van der Waals surface area (Å²) in [4.78, 5) is 11.1. The van der Waals surface area contributed by atoms with Crippen LogP contribution in [-0.4, -0.2) is 12.5 Å². The van der Waals surface area contributed by atoms with Gasteiger partial charge in [-0.3, -0.25) is 4.79 Å². The highest BCUT2D eigenvalue weighted by molar-refractivity contribution is 5.99. The van der Waals surface area contributed by atoms with Gasteiger partial charge in [0.1, 0.15) is 0 Å². The zero-order valence-corrected chi connectivity index (χ0v) is 7.79. The van der Waals surface area contributed by atoms with Gasteiger partial charge in [0.15, 0.2) is 0 Å². The number of carbonyl (C=O) groups excluding carboxylic acids is 1. The van der Waals surface area contributed by atoms with Crippen molar-refractivity contribution in [3.05, 3.63) is 35.4 Å². The van der Waals surface area contributed by atoms with Gasteiger partial charge in [0.25, 0.3) is 0 Å². The first kappa shape index (κ1) is 8.97. The smallest absolute Gasteiger partial charge is 0.228 e. The molecule has 0 atom stereocenters. The quantitative estimate of drug-likeness (QED) is 0.731. The van der Waals surface area contributed by atoms with Crippen molar-refractivity contribution >= 4 is 17.7 Å². The minimum absolute atomic E-state index is 0.0694. The summed E-state index contributed by atoms with van der Waals surface area (Å²) >= 11 is 0. The van der Waals surface area contributed by atoms with E-state index in [2.05, 4.69) is 5.32 Å². The number of anilines is 1. The molecule has 0 aliphatic carbocycles. The van der Waals surface area contributed by atoms with Crippen LogP contribution in [-0.2, 0) is 11.2 Å². The van der Waals surface area contributed by atoms with Gasteiger partial charge in [-0.15, -0.1) is 0 Å². The molecule has 3 nitrogen and oxygen atoms in total. The Bertz CT molecular complexity index is 396. The van der Waals surface area contributed by atoms with Crippen molar-refractivity contribution in [2.24, 2.45) is 5.73 Å². The predicted octanol–water partition coefficient (Wildman–Crippen LogP) is 1.15. The highest BCUT2D eigenvalue weighted by Gasteiger charge is 2.16. The number of nitrogens with one attached hydrogen (secondary N) is 1. The van der Waals surface area contributed by atoms with E-state index in [4.69, 9.17) is 5.73 Å². The molecule has 0 fully saturated rings. The van der Waals surface area contributed by atoms with Crippen molar-refractivity contribution in [2.75, 3.05) is 11.9 Å². The summed E-state index contributed by atoms with van der Waals surface area (Å²) in [6, 6.07) is 5.91. The molecule has 14 heavy (non-hydrogen) atoms. The minimum Gasteiger partial charge on any atom is -0.327 e. The van der Waals surface area contributed by atoms with Gasteiger partial charge in [-0.2, -0.15) is 0 Å². The summed E-state index contributed by atoms with van der Waals surface area (Å²) in [7, 11) is 0. The number of benzene rings is 1. The van der Waals surface area contributed by atoms with Crippen LogP contribution < -0.4 is 11.1 Å². The van der Waals surface area contributed by atoms with Crippen LogP contribution in [0.25, 0.3) is 6.08 Å². The zero-order valence-electron chi connectivity index (χ0n) is 7.79. The third kappa shape index (κ3) is 1.67. The van der Waals surface area contributed by atoms with E-state index in [1.165, 1.54) is 0 Å². The third-order valence-electron chi connectivity index (χ3n) is 2.20. The molecule has 1 aliphatic heterocycles. The van der Waals surface area contributed by atoms with Gasteiger partial charge in [-0.1, -0.05) is 18.2 Å². The highest BCUT2D eigenvalue weighted by Crippen LogP contribution is 2.24. The first-order valence-electron chi connectivity index (χ1n) is 4.59. The molecule has 3 heteroatoms. The predicted molar refractivity (Wildman–Crippen MR) is 56.9 cm³/mol. The van der Waals surface area contributed by atoms with E-state index in [1.807, 2.05) is 30.4 Å². The van der Waals surface area contributed by atoms with Crippen LogP contribution in [0.1, 0.15) is 11.1 Å². The summed E-state index contributed by atoms with van der Waals surface area (Å²) in [6.45, 7) is 0.536. The maximum Gasteiger partial charge on any atom is 0.228 e. The first-order chi connectivity index (χ1) is 6.79. The summed E-state index contributed by atoms with van der Waals surface area (Å²) in [5.41, 5.74) is 8.44. The van der Waals surface area contributed by atoms with Crippen LogP contribution in [0.5, 0.6) is 0 Å². The number of amides is 1. The molecular weight excluding hydrogens is 176 g/mol. The van der Waals surface area contributed by atoms with Crippen molar-refractivity contribution < 1.29 is 4.79 Å². The molecule has 1 aromatic rings. The summed E-state index contributed by atoms with van der Waals surface area (Å²) in [5, 5.41) is 2.79. The molecule has 72 valence electrons. The molecule has 1 aliphatic rings. The molecular formula is C11H12N2O. The molecule has 3 N–H and O–H groups in total. The van der Waals surface area contributed by atoms with E-state index in [0.29, 0.717) is 13.0 Å². The Labute approximate surface area is 82.6 Å². The Balaban J connectivity index is 2.28. The normalized spacial score (nSPS) is 14.5. The first-order valence-corrected chi connectivity index (χ1v) is 4.59. The Morgan fingerprint density at radius 3 is 3.14 bits per heavy atom. The molecule has 1 heterocycles. The second-order valence-corrected chi connectivity index (χ2v) is 3.28. The molecule has 0 aromatic heterocycles. The fourth-order valence-corrected chi connectivity index (χ4v) is 1.56. The maximum absolute atomic E-state index is 11.1. The van der Waals surface area contributed by atoms with Gasteiger partial charge < -0.3 is 11.1 Å². The number of hydrogen-bond acceptors (Lipinski definition) is 2. The molecule has 0 bridgehead atoms. The van der Waals surface area contributed by atoms with Crippen LogP contribution >= 0.6 is 0 Å². The van der Waals surface area contributed by atoms with E-state index in [0.717, 1.165) is 16.8 Å². The van der Waals surface area contributed by atoms with E-state index < -0.39 is 0 Å². The molecule has 1 aromatic carbocycles. The average Bonchev–Trinajstić information content (AvgIpc) is 2.54. The van der Waals surface area contributed by atoms with E-state index >= 15 is 0 Å². The number of nitrogens with two attached hydrogens (primary N) is 1. The van der Waals surface area contributed by atoms with Gasteiger partial charge in [0.05, 0.1) is 6.42 Å². The molecule has 0 radical (unpaired) electrons. The molecule has 0 unspecified atom stereocenters. The molecule has 0 saturated carbocycles. The van der Waals surface area contributed by atoms with Crippen molar-refractivity contribution in [3.63, 3.8) is 0 Å². The standard InChI is InChI=1S/C11H12N2O/c12-5-1-2-8-3-4-10-9(6-8)7-11(14)13-10/h1-4,6H,5,7,12H2,(H,13,14)/b2-1+. The van der Waals surface area contributed by atoms with Crippen LogP contribution in [0.4, 0.5) is 5.69 Å². The zero-order chi connectivity index (χ0) is 9.97. The van der Waals surface area contributed by atoms with Crippen LogP contribution in [0, 0.1) is 0 Å². The fraction of sp³-hybridized carbons (Fsp3) is 0.182. The molecule has 2 rings (SSSR count). The van der Waals surface area contributed by atoms with Crippen molar-refractivity contribution in [1.29, 1.82) is 0 Å². The fourth-order valence-electron chi connectivity index (χ4n) is 1.56. The van der Waals surface area contributed by atoms with Gasteiger partial charge in [-0.25, -0.2) is 0 Å². The lowest BCUT2D eigenvalue weighted by atomic mass is 10.1. The van der Waals surface area contributed by atoms with Gasteiger partial charge in [0, 0.05) is 12.2 Å². The van der Waals surface area contributed by atoms with Crippen molar-refractivity contribution in [3.8, 4) is 0 Å². The topological polar surface area (TPSA) is 55.1 Å². The molecule has 1 amide bonds. The number of carbonyl (C=O) groups is 1. The van der Waals surface area contributed by atoms with Crippen LogP contribution in [0.15, 0.2) is 24.3 Å². The Morgan fingerprint density at radius 2 is 2.36 bits per heavy atom. The Kier molecular flexibility index (Phi) is 2.33. The summed E-state index contributed by atoms with van der Waals surface area (Å²) in [5.74, 6) is 0.0694. The average molecular weight is 188 g/mol. The lowest BCUT2D eigenvalue weighted by Gasteiger charge is -1.99. The lowest BCUT2D eigenvalue weighted by molar-refractivity contribution is -0.115. The van der Waals surface area contributed by atoms with Crippen LogP contribution in [0.2, 0.25) is 0 Å². The van der Waals surface area contributed by atoms with Crippen molar-refractivity contribution in [1.82, 2.24) is 0 Å². The monoisotopic (exact) mass is 188 g/mol. The van der Waals surface area contributed by atoms with Gasteiger partial charge >= 0.3 is 0 Å². The second-order valence-electron chi connectivity index (χ2n) is 3.28. The highest BCUT2D eigenvalue weighted by atomic mass is 16.1. The SMILES string of the molecule is NC/C=C/c1ccc2c(c1)CC(=O)N2. The van der Waals surface area contributed by atoms with E-state index in [9.17, 15) is 4.79 Å². The summed E-state index contributed by atoms with van der Waals surface area (Å²) in [6.07, 6.45) is 4.34. The third-order valence-corrected chi connectivity index (χ3v) is 2.20. The Hall–Kier alpha value is -1.61. The molecule has 0 saturated heterocycles. The maximum atomic E-state index is 11.1. The lowest BCUT2D eigenvalue weighted by Crippen LogP contribution is -2.03. The number of hydrogen-bond donors (Lipinski definition) is 2. The largest absolute Gasteiger partial charge is 0.327 e. The van der Waals surface area contributed by atoms with Gasteiger partial charge in [-0.05, 0) is 23.3 Å². The Morgan fingerprint density at radius 1 is 1.50 bits per heavy atom. The molecule has 0 spiro atoms. The number of rotatable bonds is 2. The minimum atomic E-state index is 0.0694. The van der Waals surface area contributed by atoms with E-state index in [1.54, 1.807) is 0 Å². The van der Waals surface area contributed by atoms with Gasteiger partial charge in [0.2, 0.25) is 5.91 Å². The van der Waals surface area contributed by atoms with Crippen LogP contribution in [0.3, 0.4) is 0 Å². The number of fused-ring (bicyclic) bond motifs is 1. The van der Waals surface area contributed by atoms with Crippen molar-refractivity contribution in [2.45, 2.75) is 6.42 Å². The summed E-state index contributed by atoms with van der Waals surface area (Å²) < 4.78 is 0. The second kappa shape index (κ2) is 3.64.